The SMILES string of the molecule is O=[N+]([O-])c1ccc([Se](O)Cc2ccccc2)cc1. The van der Waals surface area contributed by atoms with Gasteiger partial charge in [0.2, 0.25) is 0 Å². The van der Waals surface area contributed by atoms with E-state index >= 15 is 0 Å². The molecule has 0 unspecified atom stereocenters. The van der Waals surface area contributed by atoms with E-state index in [0.29, 0.717) is 5.32 Å². The van der Waals surface area contributed by atoms with Crippen LogP contribution < -0.4 is 4.46 Å². The molecule has 1 radical (unpaired) electrons. The van der Waals surface area contributed by atoms with Crippen LogP contribution in [0.5, 0.6) is 0 Å². The fourth-order valence-corrected chi connectivity index (χ4v) is 3.90. The van der Waals surface area contributed by atoms with E-state index in [4.69, 9.17) is 0 Å². The maximum absolute atomic E-state index is 10.5. The van der Waals surface area contributed by atoms with Gasteiger partial charge in [0, 0.05) is 0 Å². The predicted octanol–water partition coefficient (Wildman–Crippen LogP) is 1.57. The number of non-ortho nitro benzene ring substituents is 1. The average molecular weight is 309 g/mol. The standard InChI is InChI=1S/C13H12NO3Se/c15-14(16)12-6-8-13(9-7-12)18(17)10-11-4-2-1-3-5-11/h1-9,17H,10H2. The van der Waals surface area contributed by atoms with E-state index in [1.807, 2.05) is 30.3 Å². The second-order valence-corrected chi connectivity index (χ2v) is 6.87. The fourth-order valence-electron chi connectivity index (χ4n) is 1.54. The third kappa shape index (κ3) is 3.17. The van der Waals surface area contributed by atoms with Crippen LogP contribution in [0.4, 0.5) is 5.69 Å². The number of nitro groups is 1. The normalized spacial score (nSPS) is 10.6. The Bertz CT molecular complexity index is 528. The number of rotatable bonds is 4. The molecule has 0 amide bonds. The molecule has 0 heterocycles. The topological polar surface area (TPSA) is 63.4 Å². The average Bonchev–Trinajstić information content (AvgIpc) is 2.40. The molecule has 0 aliphatic carbocycles. The molecule has 4 nitrogen and oxygen atoms in total. The molecule has 18 heavy (non-hydrogen) atoms. The van der Waals surface area contributed by atoms with Crippen molar-refractivity contribution >= 4 is 24.4 Å². The van der Waals surface area contributed by atoms with Gasteiger partial charge in [0.05, 0.1) is 0 Å². The first-order chi connectivity index (χ1) is 8.66. The van der Waals surface area contributed by atoms with Gasteiger partial charge in [0.1, 0.15) is 0 Å². The summed E-state index contributed by atoms with van der Waals surface area (Å²) in [7, 11) is 0. The van der Waals surface area contributed by atoms with Crippen LogP contribution in [0.1, 0.15) is 5.56 Å². The first-order valence-electron chi connectivity index (χ1n) is 5.35. The van der Waals surface area contributed by atoms with E-state index in [9.17, 15) is 14.3 Å². The van der Waals surface area contributed by atoms with Crippen molar-refractivity contribution in [3.8, 4) is 0 Å². The Kier molecular flexibility index (Phi) is 4.10. The third-order valence-electron chi connectivity index (χ3n) is 2.47. The quantitative estimate of drug-likeness (QED) is 0.530. The Labute approximate surface area is 109 Å². The van der Waals surface area contributed by atoms with Crippen molar-refractivity contribution in [1.82, 2.24) is 0 Å². The van der Waals surface area contributed by atoms with Crippen molar-refractivity contribution in [3.63, 3.8) is 0 Å². The van der Waals surface area contributed by atoms with Gasteiger partial charge in [-0.2, -0.15) is 0 Å². The van der Waals surface area contributed by atoms with Gasteiger partial charge in [-0.15, -0.1) is 0 Å². The van der Waals surface area contributed by atoms with Crippen LogP contribution in [0.15, 0.2) is 54.6 Å². The van der Waals surface area contributed by atoms with Crippen molar-refractivity contribution in [2.45, 2.75) is 5.32 Å². The summed E-state index contributed by atoms with van der Waals surface area (Å²) in [6.07, 6.45) is 0. The Morgan fingerprint density at radius 2 is 1.67 bits per heavy atom. The van der Waals surface area contributed by atoms with E-state index in [1.165, 1.54) is 12.1 Å². The predicted molar refractivity (Wildman–Crippen MR) is 70.8 cm³/mol. The third-order valence-corrected chi connectivity index (χ3v) is 5.45. The molecule has 0 spiro atoms. The summed E-state index contributed by atoms with van der Waals surface area (Å²) in [5, 5.41) is 11.2. The van der Waals surface area contributed by atoms with Crippen molar-refractivity contribution in [2.24, 2.45) is 0 Å². The number of hydrogen-bond acceptors (Lipinski definition) is 3. The minimum atomic E-state index is -1.92. The summed E-state index contributed by atoms with van der Waals surface area (Å²) in [6.45, 7) is 0. The number of nitrogens with zero attached hydrogens (tertiary/aromatic N) is 1. The summed E-state index contributed by atoms with van der Waals surface area (Å²) in [6, 6.07) is 15.9. The molecule has 1 N–H and O–H groups in total. The van der Waals surface area contributed by atoms with Crippen molar-refractivity contribution in [2.75, 3.05) is 0 Å². The van der Waals surface area contributed by atoms with Crippen LogP contribution in [0, 0.1) is 10.1 Å². The minimum absolute atomic E-state index is 0.0530. The van der Waals surface area contributed by atoms with Gasteiger partial charge >= 0.3 is 109 Å². The van der Waals surface area contributed by atoms with Crippen molar-refractivity contribution in [3.05, 3.63) is 70.3 Å². The van der Waals surface area contributed by atoms with E-state index in [-0.39, 0.29) is 5.69 Å². The summed E-state index contributed by atoms with van der Waals surface area (Å²) in [4.78, 5) is 10.1. The first kappa shape index (κ1) is 12.8. The molecular weight excluding hydrogens is 297 g/mol. The fraction of sp³-hybridized carbons (Fsp3) is 0.0769. The van der Waals surface area contributed by atoms with Gasteiger partial charge in [-0.25, -0.2) is 0 Å². The molecule has 0 aliphatic rings. The van der Waals surface area contributed by atoms with Crippen molar-refractivity contribution < 1.29 is 9.11 Å². The van der Waals surface area contributed by atoms with Gasteiger partial charge in [0.15, 0.2) is 0 Å². The molecule has 0 aromatic heterocycles. The Hall–Kier alpha value is -1.68. The Morgan fingerprint density at radius 1 is 1.06 bits per heavy atom. The van der Waals surface area contributed by atoms with Gasteiger partial charge in [-0.3, -0.25) is 0 Å². The maximum atomic E-state index is 10.5. The monoisotopic (exact) mass is 310 g/mol. The summed E-state index contributed by atoms with van der Waals surface area (Å²) < 4.78 is 11.0. The van der Waals surface area contributed by atoms with E-state index in [0.717, 1.165) is 10.0 Å². The number of nitro benzene ring substituents is 1. The van der Waals surface area contributed by atoms with Crippen LogP contribution in [0.3, 0.4) is 0 Å². The molecule has 2 aromatic rings. The van der Waals surface area contributed by atoms with Gasteiger partial charge < -0.3 is 0 Å². The Morgan fingerprint density at radius 3 is 2.22 bits per heavy atom. The van der Waals surface area contributed by atoms with Crippen LogP contribution >= 0.6 is 0 Å². The molecule has 2 aromatic carbocycles. The molecule has 93 valence electrons. The zero-order valence-corrected chi connectivity index (χ0v) is 11.2. The van der Waals surface area contributed by atoms with Gasteiger partial charge in [0.25, 0.3) is 0 Å². The van der Waals surface area contributed by atoms with E-state index in [1.54, 1.807) is 12.1 Å². The zero-order valence-electron chi connectivity index (χ0n) is 9.52. The molecular formula is C13H12NO3Se. The van der Waals surface area contributed by atoms with E-state index < -0.39 is 19.2 Å². The number of benzene rings is 2. The number of hydrogen-bond donors (Lipinski definition) is 1. The molecule has 0 saturated carbocycles. The molecule has 2 rings (SSSR count). The van der Waals surface area contributed by atoms with Crippen LogP contribution in [0.2, 0.25) is 0 Å². The second kappa shape index (κ2) is 5.78. The second-order valence-electron chi connectivity index (χ2n) is 3.75. The molecule has 0 bridgehead atoms. The molecule has 0 aliphatic heterocycles. The van der Waals surface area contributed by atoms with Crippen LogP contribution in [-0.4, -0.2) is 23.3 Å². The van der Waals surface area contributed by atoms with Gasteiger partial charge in [-0.1, -0.05) is 0 Å². The summed E-state index contributed by atoms with van der Waals surface area (Å²) in [5.74, 6) is 0. The van der Waals surface area contributed by atoms with Crippen molar-refractivity contribution in [1.29, 1.82) is 0 Å². The van der Waals surface area contributed by atoms with Gasteiger partial charge in [-0.05, 0) is 0 Å². The summed E-state index contributed by atoms with van der Waals surface area (Å²) >= 11 is -1.92. The molecule has 0 atom stereocenters. The van der Waals surface area contributed by atoms with Crippen LogP contribution in [0.25, 0.3) is 0 Å². The Balaban J connectivity index is 2.09. The van der Waals surface area contributed by atoms with E-state index in [2.05, 4.69) is 0 Å². The molecule has 0 saturated heterocycles. The zero-order chi connectivity index (χ0) is 13.0. The van der Waals surface area contributed by atoms with Crippen LogP contribution in [-0.2, 0) is 5.32 Å². The molecule has 5 heteroatoms. The molecule has 0 fully saturated rings. The first-order valence-corrected chi connectivity index (χ1v) is 8.18. The summed E-state index contributed by atoms with van der Waals surface area (Å²) in [5.41, 5.74) is 1.14.